The average molecular weight is 521 g/mol. The van der Waals surface area contributed by atoms with Crippen molar-refractivity contribution < 1.29 is 24.9 Å². The van der Waals surface area contributed by atoms with E-state index < -0.39 is 11.7 Å². The first-order valence-electron chi connectivity index (χ1n) is 15.4. The fourth-order valence-corrected chi connectivity index (χ4v) is 5.09. The van der Waals surface area contributed by atoms with Gasteiger partial charge < -0.3 is 20.1 Å². The summed E-state index contributed by atoms with van der Waals surface area (Å²) < 4.78 is 6.12. The summed E-state index contributed by atoms with van der Waals surface area (Å²) in [7, 11) is 0. The van der Waals surface area contributed by atoms with Gasteiger partial charge in [0.1, 0.15) is 11.3 Å². The highest BCUT2D eigenvalue weighted by Gasteiger charge is 2.28. The number of carboxylic acid groups (broad SMARTS) is 1. The van der Waals surface area contributed by atoms with Crippen LogP contribution >= 0.6 is 0 Å². The number of phenols is 2. The molecule has 0 unspecified atom stereocenters. The first-order chi connectivity index (χ1) is 18.0. The minimum absolute atomic E-state index is 0.267. The monoisotopic (exact) mass is 520 g/mol. The van der Waals surface area contributed by atoms with Crippen molar-refractivity contribution in [1.29, 1.82) is 0 Å². The minimum Gasteiger partial charge on any atom is -0.504 e. The summed E-state index contributed by atoms with van der Waals surface area (Å²) in [5.41, 5.74) is 1.19. The number of hydrogen-bond acceptors (Lipinski definition) is 4. The molecule has 0 amide bonds. The molecule has 0 radical (unpaired) electrons. The van der Waals surface area contributed by atoms with Gasteiger partial charge in [0.05, 0.1) is 6.61 Å². The van der Waals surface area contributed by atoms with Gasteiger partial charge in [-0.25, -0.2) is 4.79 Å². The number of phenolic OH excluding ortho intramolecular Hbond substituents is 1. The number of aromatic hydroxyl groups is 2. The summed E-state index contributed by atoms with van der Waals surface area (Å²) in [5.74, 6) is -1.79. The van der Waals surface area contributed by atoms with Crippen molar-refractivity contribution in [1.82, 2.24) is 0 Å². The molecule has 0 atom stereocenters. The Balaban J connectivity index is 3.04. The van der Waals surface area contributed by atoms with Gasteiger partial charge in [-0.3, -0.25) is 0 Å². The summed E-state index contributed by atoms with van der Waals surface area (Å²) in [6, 6.07) is 0. The summed E-state index contributed by atoms with van der Waals surface area (Å²) in [6.07, 6.45) is 22.9. The van der Waals surface area contributed by atoms with Gasteiger partial charge in [-0.1, -0.05) is 124 Å². The zero-order valence-electron chi connectivity index (χ0n) is 24.2. The number of benzene rings is 1. The van der Waals surface area contributed by atoms with E-state index in [0.717, 1.165) is 63.4 Å². The predicted octanol–water partition coefficient (Wildman–Crippen LogP) is 9.73. The van der Waals surface area contributed by atoms with Crippen LogP contribution in [0.25, 0.3) is 0 Å². The van der Waals surface area contributed by atoms with Gasteiger partial charge in [0, 0.05) is 11.1 Å². The Labute approximate surface area is 227 Å². The third-order valence-electron chi connectivity index (χ3n) is 7.38. The van der Waals surface area contributed by atoms with Crippen LogP contribution in [0, 0.1) is 0 Å². The summed E-state index contributed by atoms with van der Waals surface area (Å²) >= 11 is 0. The van der Waals surface area contributed by atoms with Crippen LogP contribution in [0.4, 0.5) is 0 Å². The van der Waals surface area contributed by atoms with Crippen molar-refractivity contribution >= 4 is 5.97 Å². The van der Waals surface area contributed by atoms with Crippen molar-refractivity contribution in [2.75, 3.05) is 6.61 Å². The van der Waals surface area contributed by atoms with Crippen molar-refractivity contribution in [3.8, 4) is 17.2 Å². The molecule has 0 aliphatic heterocycles. The number of carbonyl (C=O) groups is 1. The highest BCUT2D eigenvalue weighted by atomic mass is 16.5. The topological polar surface area (TPSA) is 87.0 Å². The number of rotatable bonds is 24. The standard InChI is InChI=1S/C32H56O5/c1-4-7-10-13-15-17-20-23-26-27(24-21-18-16-14-11-8-5-2)31(37-25-22-19-12-9-6-3)28(32(35)36)30(34)29(26)33/h33-34H,4-25H2,1-3H3,(H,35,36). The van der Waals surface area contributed by atoms with E-state index in [1.807, 2.05) is 0 Å². The number of aromatic carboxylic acids is 1. The maximum atomic E-state index is 12.1. The Hall–Kier alpha value is -1.91. The number of ether oxygens (including phenoxy) is 1. The van der Waals surface area contributed by atoms with E-state index in [1.165, 1.54) is 64.2 Å². The van der Waals surface area contributed by atoms with Gasteiger partial charge in [0.25, 0.3) is 0 Å². The molecule has 0 heterocycles. The largest absolute Gasteiger partial charge is 0.504 e. The lowest BCUT2D eigenvalue weighted by Crippen LogP contribution is -2.11. The molecular formula is C32H56O5. The fraction of sp³-hybridized carbons (Fsp3) is 0.781. The van der Waals surface area contributed by atoms with Gasteiger partial charge in [-0.2, -0.15) is 0 Å². The molecule has 0 aliphatic rings. The van der Waals surface area contributed by atoms with Crippen LogP contribution < -0.4 is 4.74 Å². The van der Waals surface area contributed by atoms with Crippen LogP contribution in [0.1, 0.15) is 164 Å². The van der Waals surface area contributed by atoms with E-state index in [2.05, 4.69) is 20.8 Å². The first-order valence-corrected chi connectivity index (χ1v) is 15.4. The Morgan fingerprint density at radius 1 is 0.568 bits per heavy atom. The Kier molecular flexibility index (Phi) is 18.9. The molecule has 214 valence electrons. The van der Waals surface area contributed by atoms with Crippen LogP contribution in [0.3, 0.4) is 0 Å². The molecule has 0 saturated heterocycles. The van der Waals surface area contributed by atoms with Crippen LogP contribution in [0.15, 0.2) is 0 Å². The van der Waals surface area contributed by atoms with E-state index in [1.54, 1.807) is 0 Å². The quantitative estimate of drug-likeness (QED) is 0.0932. The molecule has 1 aromatic rings. The van der Waals surface area contributed by atoms with E-state index in [-0.39, 0.29) is 17.1 Å². The smallest absolute Gasteiger partial charge is 0.343 e. The molecule has 0 aromatic heterocycles. The van der Waals surface area contributed by atoms with Gasteiger partial charge in [0.2, 0.25) is 0 Å². The Morgan fingerprint density at radius 3 is 1.43 bits per heavy atom. The van der Waals surface area contributed by atoms with Crippen LogP contribution in [-0.2, 0) is 12.8 Å². The SMILES string of the molecule is CCCCCCCCCc1c(O)c(O)c(C(=O)O)c(OCCCCCCC)c1CCCCCCCCC. The first kappa shape index (κ1) is 33.1. The maximum absolute atomic E-state index is 12.1. The van der Waals surface area contributed by atoms with Crippen LogP contribution in [0.2, 0.25) is 0 Å². The van der Waals surface area contributed by atoms with E-state index in [4.69, 9.17) is 4.74 Å². The summed E-state index contributed by atoms with van der Waals surface area (Å²) in [4.78, 5) is 12.1. The second kappa shape index (κ2) is 21.1. The molecule has 0 fully saturated rings. The zero-order valence-corrected chi connectivity index (χ0v) is 24.2. The third kappa shape index (κ3) is 12.9. The van der Waals surface area contributed by atoms with Gasteiger partial charge in [0.15, 0.2) is 11.5 Å². The maximum Gasteiger partial charge on any atom is 0.343 e. The molecule has 3 N–H and O–H groups in total. The molecule has 5 heteroatoms. The minimum atomic E-state index is -1.25. The Bertz CT molecular complexity index is 743. The highest BCUT2D eigenvalue weighted by Crippen LogP contribution is 2.44. The lowest BCUT2D eigenvalue weighted by Gasteiger charge is -2.21. The molecule has 1 aromatic carbocycles. The lowest BCUT2D eigenvalue weighted by molar-refractivity contribution is 0.0687. The predicted molar refractivity (Wildman–Crippen MR) is 154 cm³/mol. The van der Waals surface area contributed by atoms with Crippen molar-refractivity contribution in [2.24, 2.45) is 0 Å². The van der Waals surface area contributed by atoms with E-state index in [0.29, 0.717) is 25.0 Å². The average Bonchev–Trinajstić information content (AvgIpc) is 2.88. The molecule has 0 spiro atoms. The second-order valence-electron chi connectivity index (χ2n) is 10.7. The van der Waals surface area contributed by atoms with E-state index >= 15 is 0 Å². The number of hydrogen-bond donors (Lipinski definition) is 3. The fourth-order valence-electron chi connectivity index (χ4n) is 5.09. The Morgan fingerprint density at radius 2 is 0.973 bits per heavy atom. The van der Waals surface area contributed by atoms with E-state index in [9.17, 15) is 20.1 Å². The highest BCUT2D eigenvalue weighted by molar-refractivity contribution is 5.96. The lowest BCUT2D eigenvalue weighted by atomic mass is 9.91. The zero-order chi connectivity index (χ0) is 27.3. The molecule has 0 saturated carbocycles. The van der Waals surface area contributed by atoms with Crippen LogP contribution in [-0.4, -0.2) is 27.9 Å². The number of unbranched alkanes of at least 4 members (excludes halogenated alkanes) is 16. The molecule has 5 nitrogen and oxygen atoms in total. The molecule has 1 rings (SSSR count). The molecular weight excluding hydrogens is 464 g/mol. The summed E-state index contributed by atoms with van der Waals surface area (Å²) in [5, 5.41) is 31.5. The molecule has 0 bridgehead atoms. The molecule has 37 heavy (non-hydrogen) atoms. The van der Waals surface area contributed by atoms with Gasteiger partial charge in [-0.15, -0.1) is 0 Å². The summed E-state index contributed by atoms with van der Waals surface area (Å²) in [6.45, 7) is 7.04. The molecule has 0 aliphatic carbocycles. The van der Waals surface area contributed by atoms with Crippen molar-refractivity contribution in [3.63, 3.8) is 0 Å². The second-order valence-corrected chi connectivity index (χ2v) is 10.7. The van der Waals surface area contributed by atoms with Crippen molar-refractivity contribution in [2.45, 2.75) is 156 Å². The van der Waals surface area contributed by atoms with Gasteiger partial charge >= 0.3 is 5.97 Å². The van der Waals surface area contributed by atoms with Crippen molar-refractivity contribution in [3.05, 3.63) is 16.7 Å². The third-order valence-corrected chi connectivity index (χ3v) is 7.38. The van der Waals surface area contributed by atoms with Crippen LogP contribution in [0.5, 0.6) is 17.2 Å². The number of carboxylic acids is 1. The van der Waals surface area contributed by atoms with Gasteiger partial charge in [-0.05, 0) is 32.1 Å². The normalized spacial score (nSPS) is 11.2.